The predicted octanol–water partition coefficient (Wildman–Crippen LogP) is 4.89. The molecule has 0 saturated heterocycles. The third kappa shape index (κ3) is 4.20. The molecule has 9 nitrogen and oxygen atoms in total. The van der Waals surface area contributed by atoms with Gasteiger partial charge in [0.2, 0.25) is 17.5 Å². The Labute approximate surface area is 193 Å². The van der Waals surface area contributed by atoms with Gasteiger partial charge < -0.3 is 18.4 Å². The molecule has 3 heterocycles. The van der Waals surface area contributed by atoms with Crippen LogP contribution >= 0.6 is 11.8 Å². The van der Waals surface area contributed by atoms with Crippen molar-refractivity contribution in [2.45, 2.75) is 10.9 Å². The van der Waals surface area contributed by atoms with E-state index in [4.69, 9.17) is 18.4 Å². The van der Waals surface area contributed by atoms with Crippen LogP contribution in [0.4, 0.5) is 0 Å². The number of furan rings is 1. The van der Waals surface area contributed by atoms with Gasteiger partial charge >= 0.3 is 0 Å². The molecule has 0 aliphatic carbocycles. The van der Waals surface area contributed by atoms with Gasteiger partial charge in [-0.25, -0.2) is 0 Å². The molecule has 0 amide bonds. The maximum absolute atomic E-state index is 5.55. The zero-order chi connectivity index (χ0) is 22.6. The molecule has 0 bridgehead atoms. The Morgan fingerprint density at radius 2 is 1.79 bits per heavy atom. The van der Waals surface area contributed by atoms with E-state index in [0.29, 0.717) is 45.7 Å². The monoisotopic (exact) mass is 461 g/mol. The standard InChI is InChI=1S/C23H19N5O4S/c1-29-17-11-10-15(13-19(17)30-2)21-24-20(32-27-21)14-33-23-26-25-22(18-9-6-12-31-18)28(23)16-7-4-3-5-8-16/h3-13H,14H2,1-2H3. The predicted molar refractivity (Wildman–Crippen MR) is 121 cm³/mol. The third-order valence-electron chi connectivity index (χ3n) is 4.82. The molecular weight excluding hydrogens is 442 g/mol. The van der Waals surface area contributed by atoms with Crippen LogP contribution in [0, 0.1) is 0 Å². The van der Waals surface area contributed by atoms with Gasteiger partial charge in [0, 0.05) is 11.3 Å². The molecule has 5 aromatic rings. The quantitative estimate of drug-likeness (QED) is 0.299. The van der Waals surface area contributed by atoms with Crippen molar-refractivity contribution in [3.8, 4) is 40.2 Å². The largest absolute Gasteiger partial charge is 0.493 e. The molecule has 33 heavy (non-hydrogen) atoms. The van der Waals surface area contributed by atoms with E-state index in [0.717, 1.165) is 11.3 Å². The number of thioether (sulfide) groups is 1. The summed E-state index contributed by atoms with van der Waals surface area (Å²) in [7, 11) is 3.17. The van der Waals surface area contributed by atoms with Crippen LogP contribution in [0.2, 0.25) is 0 Å². The molecule has 0 spiro atoms. The molecule has 0 fully saturated rings. The van der Waals surface area contributed by atoms with Gasteiger partial charge in [-0.3, -0.25) is 4.57 Å². The van der Waals surface area contributed by atoms with Gasteiger partial charge in [0.1, 0.15) is 0 Å². The van der Waals surface area contributed by atoms with Gasteiger partial charge in [0.15, 0.2) is 22.4 Å². The Morgan fingerprint density at radius 1 is 0.939 bits per heavy atom. The van der Waals surface area contributed by atoms with Crippen molar-refractivity contribution in [1.29, 1.82) is 0 Å². The molecule has 5 rings (SSSR count). The number of ether oxygens (including phenoxy) is 2. The second-order valence-electron chi connectivity index (χ2n) is 6.82. The summed E-state index contributed by atoms with van der Waals surface area (Å²) in [6.07, 6.45) is 1.61. The van der Waals surface area contributed by atoms with Crippen LogP contribution in [0.5, 0.6) is 11.5 Å². The fourth-order valence-electron chi connectivity index (χ4n) is 3.27. The van der Waals surface area contributed by atoms with Crippen molar-refractivity contribution in [1.82, 2.24) is 24.9 Å². The van der Waals surface area contributed by atoms with E-state index in [-0.39, 0.29) is 0 Å². The molecule has 0 N–H and O–H groups in total. The topological polar surface area (TPSA) is 101 Å². The fourth-order valence-corrected chi connectivity index (χ4v) is 4.06. The second-order valence-corrected chi connectivity index (χ2v) is 7.77. The first-order valence-corrected chi connectivity index (χ1v) is 11.0. The first kappa shape index (κ1) is 20.8. The maximum atomic E-state index is 5.55. The minimum absolute atomic E-state index is 0.420. The smallest absolute Gasteiger partial charge is 0.237 e. The van der Waals surface area contributed by atoms with Crippen LogP contribution in [0.3, 0.4) is 0 Å². The lowest BCUT2D eigenvalue weighted by atomic mass is 10.2. The summed E-state index contributed by atoms with van der Waals surface area (Å²) in [6, 6.07) is 19.0. The number of rotatable bonds is 8. The van der Waals surface area contributed by atoms with Gasteiger partial charge in [-0.15, -0.1) is 10.2 Å². The third-order valence-corrected chi connectivity index (χ3v) is 5.74. The van der Waals surface area contributed by atoms with E-state index >= 15 is 0 Å². The molecule has 166 valence electrons. The van der Waals surface area contributed by atoms with Gasteiger partial charge in [-0.1, -0.05) is 35.1 Å². The average molecular weight is 462 g/mol. The van der Waals surface area contributed by atoms with Gasteiger partial charge in [-0.05, 0) is 42.5 Å². The molecule has 10 heteroatoms. The van der Waals surface area contributed by atoms with Crippen molar-refractivity contribution in [2.75, 3.05) is 14.2 Å². The Bertz CT molecular complexity index is 1350. The lowest BCUT2D eigenvalue weighted by molar-refractivity contribution is 0.355. The maximum Gasteiger partial charge on any atom is 0.237 e. The number of hydrogen-bond donors (Lipinski definition) is 0. The van der Waals surface area contributed by atoms with Crippen LogP contribution < -0.4 is 9.47 Å². The lowest BCUT2D eigenvalue weighted by Gasteiger charge is -2.08. The van der Waals surface area contributed by atoms with E-state index in [1.54, 1.807) is 26.5 Å². The van der Waals surface area contributed by atoms with Crippen molar-refractivity contribution >= 4 is 11.8 Å². The van der Waals surface area contributed by atoms with E-state index < -0.39 is 0 Å². The number of methoxy groups -OCH3 is 2. The molecule has 0 aliphatic heterocycles. The average Bonchev–Trinajstić information content (AvgIpc) is 3.63. The first-order chi connectivity index (χ1) is 16.3. The van der Waals surface area contributed by atoms with E-state index in [2.05, 4.69) is 20.3 Å². The highest BCUT2D eigenvalue weighted by atomic mass is 32.2. The second kappa shape index (κ2) is 9.21. The summed E-state index contributed by atoms with van der Waals surface area (Å²) in [6.45, 7) is 0. The first-order valence-electron chi connectivity index (χ1n) is 9.99. The summed E-state index contributed by atoms with van der Waals surface area (Å²) >= 11 is 1.44. The van der Waals surface area contributed by atoms with Crippen molar-refractivity contribution in [3.05, 3.63) is 72.8 Å². The Hall–Kier alpha value is -4.05. The molecule has 3 aromatic heterocycles. The number of para-hydroxylation sites is 1. The number of aromatic nitrogens is 5. The SMILES string of the molecule is COc1ccc(-c2noc(CSc3nnc(-c4ccco4)n3-c3ccccc3)n2)cc1OC. The Kier molecular flexibility index (Phi) is 5.81. The zero-order valence-electron chi connectivity index (χ0n) is 17.8. The Balaban J connectivity index is 1.39. The highest BCUT2D eigenvalue weighted by molar-refractivity contribution is 7.98. The highest BCUT2D eigenvalue weighted by Crippen LogP contribution is 2.32. The summed E-state index contributed by atoms with van der Waals surface area (Å²) in [5.41, 5.74) is 1.69. The Morgan fingerprint density at radius 3 is 2.55 bits per heavy atom. The highest BCUT2D eigenvalue weighted by Gasteiger charge is 2.19. The number of nitrogens with zero attached hydrogens (tertiary/aromatic N) is 5. The van der Waals surface area contributed by atoms with Crippen LogP contribution in [0.25, 0.3) is 28.7 Å². The molecule has 0 atom stereocenters. The minimum Gasteiger partial charge on any atom is -0.493 e. The van der Waals surface area contributed by atoms with Gasteiger partial charge in [0.05, 0.1) is 26.2 Å². The van der Waals surface area contributed by atoms with Crippen LogP contribution in [-0.2, 0) is 5.75 Å². The summed E-state index contributed by atoms with van der Waals surface area (Å²) in [5, 5.41) is 13.5. The zero-order valence-corrected chi connectivity index (χ0v) is 18.7. The van der Waals surface area contributed by atoms with Gasteiger partial charge in [0.25, 0.3) is 0 Å². The summed E-state index contributed by atoms with van der Waals surface area (Å²) < 4.78 is 23.6. The number of benzene rings is 2. The molecule has 0 saturated carbocycles. The molecular formula is C23H19N5O4S. The van der Waals surface area contributed by atoms with Gasteiger partial charge in [-0.2, -0.15) is 4.98 Å². The number of hydrogen-bond acceptors (Lipinski definition) is 9. The minimum atomic E-state index is 0.420. The summed E-state index contributed by atoms with van der Waals surface area (Å²) in [4.78, 5) is 4.51. The van der Waals surface area contributed by atoms with E-state index in [1.807, 2.05) is 59.2 Å². The van der Waals surface area contributed by atoms with E-state index in [9.17, 15) is 0 Å². The van der Waals surface area contributed by atoms with Crippen LogP contribution in [0.1, 0.15) is 5.89 Å². The van der Waals surface area contributed by atoms with Crippen LogP contribution in [-0.4, -0.2) is 39.1 Å². The summed E-state index contributed by atoms with van der Waals surface area (Å²) in [5.74, 6) is 3.82. The normalized spacial score (nSPS) is 11.0. The molecule has 0 aliphatic rings. The van der Waals surface area contributed by atoms with Crippen molar-refractivity contribution < 1.29 is 18.4 Å². The van der Waals surface area contributed by atoms with Crippen LogP contribution in [0.15, 0.2) is 81.0 Å². The van der Waals surface area contributed by atoms with E-state index in [1.165, 1.54) is 11.8 Å². The van der Waals surface area contributed by atoms with Crippen molar-refractivity contribution in [3.63, 3.8) is 0 Å². The fraction of sp³-hybridized carbons (Fsp3) is 0.130. The molecule has 2 aromatic carbocycles. The molecule has 0 unspecified atom stereocenters. The van der Waals surface area contributed by atoms with Crippen molar-refractivity contribution in [2.24, 2.45) is 0 Å². The lowest BCUT2D eigenvalue weighted by Crippen LogP contribution is -1.99. The molecule has 0 radical (unpaired) electrons.